The van der Waals surface area contributed by atoms with Gasteiger partial charge in [0.15, 0.2) is 0 Å². The van der Waals surface area contributed by atoms with E-state index >= 15 is 0 Å². The van der Waals surface area contributed by atoms with Crippen LogP contribution in [0.1, 0.15) is 46.5 Å². The monoisotopic (exact) mass is 212 g/mol. The van der Waals surface area contributed by atoms with Crippen molar-refractivity contribution in [2.45, 2.75) is 52.5 Å². The molecule has 15 heavy (non-hydrogen) atoms. The van der Waals surface area contributed by atoms with E-state index in [1.54, 1.807) is 0 Å². The van der Waals surface area contributed by atoms with E-state index in [1.165, 1.54) is 0 Å². The Morgan fingerprint density at radius 1 is 1.47 bits per heavy atom. The van der Waals surface area contributed by atoms with Crippen LogP contribution in [0.15, 0.2) is 0 Å². The lowest BCUT2D eigenvalue weighted by atomic mass is 9.87. The number of nitrogens with zero attached hydrogens (tertiary/aromatic N) is 1. The van der Waals surface area contributed by atoms with Gasteiger partial charge in [-0.15, -0.1) is 0 Å². The lowest BCUT2D eigenvalue weighted by molar-refractivity contribution is -0.132. The molecule has 1 aliphatic heterocycles. The molecule has 3 heteroatoms. The van der Waals surface area contributed by atoms with Crippen molar-refractivity contribution in [1.29, 1.82) is 0 Å². The fourth-order valence-electron chi connectivity index (χ4n) is 2.35. The zero-order chi connectivity index (χ0) is 11.5. The molecule has 0 aromatic carbocycles. The van der Waals surface area contributed by atoms with Gasteiger partial charge in [0.1, 0.15) is 0 Å². The predicted octanol–water partition coefficient (Wildman–Crippen LogP) is 1.76. The van der Waals surface area contributed by atoms with E-state index in [4.69, 9.17) is 5.73 Å². The molecule has 0 aromatic heterocycles. The first-order valence-electron chi connectivity index (χ1n) is 5.93. The fraction of sp³-hybridized carbons (Fsp3) is 0.917. The topological polar surface area (TPSA) is 46.3 Å². The Balaban J connectivity index is 2.53. The number of carbonyl (C=O) groups is 1. The highest BCUT2D eigenvalue weighted by Crippen LogP contribution is 2.30. The van der Waals surface area contributed by atoms with E-state index < -0.39 is 0 Å². The highest BCUT2D eigenvalue weighted by molar-refractivity contribution is 5.77. The van der Waals surface area contributed by atoms with Crippen molar-refractivity contribution in [1.82, 2.24) is 4.90 Å². The Labute approximate surface area is 93.0 Å². The first-order valence-corrected chi connectivity index (χ1v) is 5.93. The largest absolute Gasteiger partial charge is 0.340 e. The molecular weight excluding hydrogens is 188 g/mol. The minimum atomic E-state index is 0.240. The van der Waals surface area contributed by atoms with Gasteiger partial charge in [0.05, 0.1) is 0 Å². The van der Waals surface area contributed by atoms with Gasteiger partial charge in [-0.2, -0.15) is 0 Å². The number of hydrogen-bond donors (Lipinski definition) is 1. The van der Waals surface area contributed by atoms with Crippen molar-refractivity contribution in [3.63, 3.8) is 0 Å². The summed E-state index contributed by atoms with van der Waals surface area (Å²) in [6, 6.07) is 0.448. The Bertz CT molecular complexity index is 220. The third-order valence-corrected chi connectivity index (χ3v) is 2.90. The van der Waals surface area contributed by atoms with E-state index in [-0.39, 0.29) is 5.91 Å². The molecule has 2 N–H and O–H groups in total. The third kappa shape index (κ3) is 3.82. The fourth-order valence-corrected chi connectivity index (χ4v) is 2.35. The lowest BCUT2D eigenvalue weighted by Gasteiger charge is -2.30. The van der Waals surface area contributed by atoms with Crippen molar-refractivity contribution < 1.29 is 4.79 Å². The summed E-state index contributed by atoms with van der Waals surface area (Å²) in [6.45, 7) is 8.10. The van der Waals surface area contributed by atoms with Crippen molar-refractivity contribution in [3.05, 3.63) is 0 Å². The number of amides is 1. The van der Waals surface area contributed by atoms with Gasteiger partial charge in [-0.3, -0.25) is 4.79 Å². The van der Waals surface area contributed by atoms with Crippen LogP contribution in [0, 0.1) is 5.41 Å². The van der Waals surface area contributed by atoms with E-state index in [9.17, 15) is 4.79 Å². The molecule has 1 atom stereocenters. The highest BCUT2D eigenvalue weighted by Gasteiger charge is 2.30. The van der Waals surface area contributed by atoms with E-state index in [1.807, 2.05) is 4.90 Å². The van der Waals surface area contributed by atoms with E-state index in [0.29, 0.717) is 24.4 Å². The maximum absolute atomic E-state index is 11.8. The maximum Gasteiger partial charge on any atom is 0.224 e. The maximum atomic E-state index is 11.8. The second kappa shape index (κ2) is 4.97. The third-order valence-electron chi connectivity index (χ3n) is 2.90. The van der Waals surface area contributed by atoms with Gasteiger partial charge in [-0.25, -0.2) is 0 Å². The number of nitrogens with two attached hydrogens (primary N) is 1. The van der Waals surface area contributed by atoms with Gasteiger partial charge in [0.25, 0.3) is 0 Å². The SMILES string of the molecule is CC(C)(C)CC1CCCN1C(=O)CCN. The summed E-state index contributed by atoms with van der Waals surface area (Å²) >= 11 is 0. The molecule has 0 aromatic rings. The van der Waals surface area contributed by atoms with Crippen molar-refractivity contribution in [2.24, 2.45) is 11.1 Å². The van der Waals surface area contributed by atoms with Gasteiger partial charge < -0.3 is 10.6 Å². The van der Waals surface area contributed by atoms with Crippen LogP contribution in [0.5, 0.6) is 0 Å². The van der Waals surface area contributed by atoms with Crippen LogP contribution >= 0.6 is 0 Å². The Morgan fingerprint density at radius 2 is 2.13 bits per heavy atom. The standard InChI is InChI=1S/C12H24N2O/c1-12(2,3)9-10-5-4-8-14(10)11(15)6-7-13/h10H,4-9,13H2,1-3H3. The zero-order valence-corrected chi connectivity index (χ0v) is 10.3. The van der Waals surface area contributed by atoms with Crippen LogP contribution in [0.3, 0.4) is 0 Å². The van der Waals surface area contributed by atoms with Gasteiger partial charge >= 0.3 is 0 Å². The predicted molar refractivity (Wildman–Crippen MR) is 62.5 cm³/mol. The average Bonchev–Trinajstić information content (AvgIpc) is 2.49. The van der Waals surface area contributed by atoms with Gasteiger partial charge in [0.2, 0.25) is 5.91 Å². The summed E-state index contributed by atoms with van der Waals surface area (Å²) in [5, 5.41) is 0. The number of likely N-dealkylation sites (tertiary alicyclic amines) is 1. The van der Waals surface area contributed by atoms with Gasteiger partial charge in [-0.05, 0) is 24.7 Å². The van der Waals surface area contributed by atoms with Crippen LogP contribution in [0.2, 0.25) is 0 Å². The van der Waals surface area contributed by atoms with Crippen molar-refractivity contribution in [3.8, 4) is 0 Å². The first kappa shape index (κ1) is 12.5. The Morgan fingerprint density at radius 3 is 2.67 bits per heavy atom. The van der Waals surface area contributed by atoms with Crippen LogP contribution in [-0.2, 0) is 4.79 Å². The molecule has 1 heterocycles. The van der Waals surface area contributed by atoms with E-state index in [2.05, 4.69) is 20.8 Å². The van der Waals surface area contributed by atoms with Gasteiger partial charge in [-0.1, -0.05) is 20.8 Å². The minimum absolute atomic E-state index is 0.240. The summed E-state index contributed by atoms with van der Waals surface area (Å²) in [4.78, 5) is 13.8. The molecule has 3 nitrogen and oxygen atoms in total. The molecule has 88 valence electrons. The summed E-state index contributed by atoms with van der Waals surface area (Å²) in [7, 11) is 0. The molecule has 1 rings (SSSR count). The van der Waals surface area contributed by atoms with Crippen LogP contribution in [0.25, 0.3) is 0 Å². The quantitative estimate of drug-likeness (QED) is 0.775. The molecule has 1 saturated heterocycles. The second-order valence-electron chi connectivity index (χ2n) is 5.69. The summed E-state index contributed by atoms with van der Waals surface area (Å²) in [6.07, 6.45) is 3.91. The molecular formula is C12H24N2O. The average molecular weight is 212 g/mol. The molecule has 0 saturated carbocycles. The number of carbonyl (C=O) groups excluding carboxylic acids is 1. The summed E-state index contributed by atoms with van der Waals surface area (Å²) < 4.78 is 0. The molecule has 0 radical (unpaired) electrons. The van der Waals surface area contributed by atoms with Crippen LogP contribution in [-0.4, -0.2) is 29.9 Å². The van der Waals surface area contributed by atoms with Crippen LogP contribution in [0.4, 0.5) is 0 Å². The Hall–Kier alpha value is -0.570. The summed E-state index contributed by atoms with van der Waals surface area (Å²) in [5.41, 5.74) is 5.72. The zero-order valence-electron chi connectivity index (χ0n) is 10.3. The highest BCUT2D eigenvalue weighted by atomic mass is 16.2. The molecule has 1 amide bonds. The first-order chi connectivity index (χ1) is 6.94. The lowest BCUT2D eigenvalue weighted by Crippen LogP contribution is -2.38. The van der Waals surface area contributed by atoms with Crippen molar-refractivity contribution >= 4 is 5.91 Å². The molecule has 0 bridgehead atoms. The second-order valence-corrected chi connectivity index (χ2v) is 5.69. The number of hydrogen-bond acceptors (Lipinski definition) is 2. The normalized spacial score (nSPS) is 22.1. The molecule has 0 aliphatic carbocycles. The number of rotatable bonds is 3. The van der Waals surface area contributed by atoms with Crippen molar-refractivity contribution in [2.75, 3.05) is 13.1 Å². The molecule has 0 spiro atoms. The van der Waals surface area contributed by atoms with Gasteiger partial charge in [0, 0.05) is 25.6 Å². The van der Waals surface area contributed by atoms with E-state index in [0.717, 1.165) is 25.8 Å². The molecule has 1 aliphatic rings. The van der Waals surface area contributed by atoms with Crippen LogP contribution < -0.4 is 5.73 Å². The summed E-state index contributed by atoms with van der Waals surface area (Å²) in [5.74, 6) is 0.240. The smallest absolute Gasteiger partial charge is 0.224 e. The Kier molecular flexibility index (Phi) is 4.14. The molecule has 1 fully saturated rings. The minimum Gasteiger partial charge on any atom is -0.340 e. The molecule has 1 unspecified atom stereocenters.